The first kappa shape index (κ1) is 19.4. The SMILES string of the molecule is NC(=O)[C@H](CCC(=O)O)N1Cc2cc(-c3cc4ccccc4c(N)n3)ccc2C1=O. The lowest BCUT2D eigenvalue weighted by Gasteiger charge is -2.24. The maximum Gasteiger partial charge on any atom is 0.303 e. The fourth-order valence-electron chi connectivity index (χ4n) is 3.84. The largest absolute Gasteiger partial charge is 0.481 e. The summed E-state index contributed by atoms with van der Waals surface area (Å²) >= 11 is 0. The van der Waals surface area contributed by atoms with Crippen LogP contribution in [0, 0.1) is 0 Å². The summed E-state index contributed by atoms with van der Waals surface area (Å²) in [5.74, 6) is -1.69. The Hall–Kier alpha value is -3.94. The van der Waals surface area contributed by atoms with Gasteiger partial charge in [-0.1, -0.05) is 30.3 Å². The number of benzene rings is 2. The molecule has 1 aliphatic rings. The van der Waals surface area contributed by atoms with Gasteiger partial charge in [0.25, 0.3) is 5.91 Å². The summed E-state index contributed by atoms with van der Waals surface area (Å²) in [5, 5.41) is 10.7. The van der Waals surface area contributed by atoms with Crippen LogP contribution in [0.5, 0.6) is 0 Å². The van der Waals surface area contributed by atoms with Crippen LogP contribution in [0.25, 0.3) is 22.0 Å². The van der Waals surface area contributed by atoms with E-state index in [9.17, 15) is 14.4 Å². The van der Waals surface area contributed by atoms with Crippen molar-refractivity contribution < 1.29 is 19.5 Å². The summed E-state index contributed by atoms with van der Waals surface area (Å²) in [4.78, 5) is 41.4. The highest BCUT2D eigenvalue weighted by Gasteiger charge is 2.35. The normalized spacial score (nSPS) is 14.0. The fraction of sp³-hybridized carbons (Fsp3) is 0.182. The van der Waals surface area contributed by atoms with Crippen LogP contribution in [0.1, 0.15) is 28.8 Å². The van der Waals surface area contributed by atoms with E-state index in [0.29, 0.717) is 17.1 Å². The number of aliphatic carboxylic acids is 1. The zero-order valence-electron chi connectivity index (χ0n) is 16.0. The number of hydrogen-bond donors (Lipinski definition) is 3. The number of pyridine rings is 1. The van der Waals surface area contributed by atoms with Gasteiger partial charge >= 0.3 is 5.97 Å². The van der Waals surface area contributed by atoms with E-state index in [0.717, 1.165) is 21.9 Å². The van der Waals surface area contributed by atoms with Crippen LogP contribution in [-0.2, 0) is 16.1 Å². The van der Waals surface area contributed by atoms with Gasteiger partial charge in [-0.25, -0.2) is 4.98 Å². The predicted octanol–water partition coefficient (Wildman–Crippen LogP) is 2.16. The minimum Gasteiger partial charge on any atom is -0.481 e. The number of primary amides is 1. The van der Waals surface area contributed by atoms with E-state index in [2.05, 4.69) is 4.98 Å². The van der Waals surface area contributed by atoms with Crippen LogP contribution < -0.4 is 11.5 Å². The smallest absolute Gasteiger partial charge is 0.303 e. The average molecular weight is 404 g/mol. The van der Waals surface area contributed by atoms with E-state index in [1.54, 1.807) is 12.1 Å². The molecule has 8 heteroatoms. The van der Waals surface area contributed by atoms with E-state index in [-0.39, 0.29) is 25.3 Å². The van der Waals surface area contributed by atoms with E-state index in [4.69, 9.17) is 16.6 Å². The lowest BCUT2D eigenvalue weighted by Crippen LogP contribution is -2.45. The number of nitrogens with zero attached hydrogens (tertiary/aromatic N) is 2. The number of aromatic nitrogens is 1. The Kier molecular flexibility index (Phi) is 4.83. The molecule has 2 heterocycles. The number of nitrogen functional groups attached to an aromatic ring is 1. The Morgan fingerprint density at radius 2 is 1.93 bits per heavy atom. The third-order valence-electron chi connectivity index (χ3n) is 5.34. The van der Waals surface area contributed by atoms with Crippen LogP contribution in [0.3, 0.4) is 0 Å². The second kappa shape index (κ2) is 7.47. The van der Waals surface area contributed by atoms with Gasteiger partial charge in [-0.2, -0.15) is 0 Å². The molecular weight excluding hydrogens is 384 g/mol. The van der Waals surface area contributed by atoms with Crippen LogP contribution in [0.2, 0.25) is 0 Å². The zero-order chi connectivity index (χ0) is 21.4. The molecule has 1 atom stereocenters. The summed E-state index contributed by atoms with van der Waals surface area (Å²) in [6.45, 7) is 0.179. The molecular formula is C22H20N4O4. The minimum atomic E-state index is -1.05. The minimum absolute atomic E-state index is 0.0278. The van der Waals surface area contributed by atoms with Gasteiger partial charge in [0.2, 0.25) is 5.91 Å². The van der Waals surface area contributed by atoms with Crippen molar-refractivity contribution in [2.75, 3.05) is 5.73 Å². The van der Waals surface area contributed by atoms with E-state index in [1.165, 1.54) is 4.90 Å². The van der Waals surface area contributed by atoms with Crippen molar-refractivity contribution in [1.29, 1.82) is 0 Å². The number of carboxylic acids is 1. The van der Waals surface area contributed by atoms with Crippen molar-refractivity contribution in [1.82, 2.24) is 9.88 Å². The van der Waals surface area contributed by atoms with Crippen molar-refractivity contribution in [3.8, 4) is 11.3 Å². The Labute approximate surface area is 172 Å². The predicted molar refractivity (Wildman–Crippen MR) is 111 cm³/mol. The molecule has 1 aromatic heterocycles. The molecule has 0 bridgehead atoms. The van der Waals surface area contributed by atoms with Gasteiger partial charge in [0.1, 0.15) is 11.9 Å². The average Bonchev–Trinajstić information content (AvgIpc) is 3.03. The molecule has 0 spiro atoms. The first-order valence-electron chi connectivity index (χ1n) is 9.46. The molecule has 0 aliphatic carbocycles. The summed E-state index contributed by atoms with van der Waals surface area (Å²) in [5.41, 5.74) is 14.2. The molecule has 0 fully saturated rings. The number of anilines is 1. The highest BCUT2D eigenvalue weighted by molar-refractivity contribution is 6.01. The number of carbonyl (C=O) groups is 3. The third kappa shape index (κ3) is 3.43. The quantitative estimate of drug-likeness (QED) is 0.575. The number of carboxylic acid groups (broad SMARTS) is 1. The molecule has 0 unspecified atom stereocenters. The summed E-state index contributed by atoms with van der Waals surface area (Å²) < 4.78 is 0. The maximum atomic E-state index is 12.8. The molecule has 2 aromatic carbocycles. The van der Waals surface area contributed by atoms with E-state index in [1.807, 2.05) is 36.4 Å². The zero-order valence-corrected chi connectivity index (χ0v) is 16.0. The second-order valence-corrected chi connectivity index (χ2v) is 7.27. The van der Waals surface area contributed by atoms with Crippen molar-refractivity contribution in [2.45, 2.75) is 25.4 Å². The summed E-state index contributed by atoms with van der Waals surface area (Å²) in [6.07, 6.45) is -0.278. The van der Waals surface area contributed by atoms with Crippen molar-refractivity contribution in [3.05, 3.63) is 59.7 Å². The Bertz CT molecular complexity index is 1190. The fourth-order valence-corrected chi connectivity index (χ4v) is 3.84. The van der Waals surface area contributed by atoms with Crippen LogP contribution in [0.4, 0.5) is 5.82 Å². The van der Waals surface area contributed by atoms with Gasteiger partial charge in [-0.05, 0) is 35.6 Å². The third-order valence-corrected chi connectivity index (χ3v) is 5.34. The van der Waals surface area contributed by atoms with E-state index < -0.39 is 17.9 Å². The highest BCUT2D eigenvalue weighted by atomic mass is 16.4. The van der Waals surface area contributed by atoms with Gasteiger partial charge in [0.15, 0.2) is 0 Å². The lowest BCUT2D eigenvalue weighted by atomic mass is 10.0. The second-order valence-electron chi connectivity index (χ2n) is 7.27. The number of amides is 2. The van der Waals surface area contributed by atoms with Gasteiger partial charge in [-0.3, -0.25) is 14.4 Å². The Morgan fingerprint density at radius 3 is 2.67 bits per heavy atom. The topological polar surface area (TPSA) is 140 Å². The van der Waals surface area contributed by atoms with Gasteiger partial charge in [-0.15, -0.1) is 0 Å². The maximum absolute atomic E-state index is 12.8. The van der Waals surface area contributed by atoms with Gasteiger partial charge in [0.05, 0.1) is 5.69 Å². The molecule has 2 amide bonds. The summed E-state index contributed by atoms with van der Waals surface area (Å²) in [7, 11) is 0. The number of nitrogens with two attached hydrogens (primary N) is 2. The van der Waals surface area contributed by atoms with E-state index >= 15 is 0 Å². The van der Waals surface area contributed by atoms with Crippen molar-refractivity contribution >= 4 is 34.4 Å². The lowest BCUT2D eigenvalue weighted by molar-refractivity contribution is -0.137. The molecule has 152 valence electrons. The monoisotopic (exact) mass is 404 g/mol. The number of rotatable bonds is 6. The molecule has 0 saturated carbocycles. The molecule has 4 rings (SSSR count). The van der Waals surface area contributed by atoms with Crippen LogP contribution >= 0.6 is 0 Å². The molecule has 3 aromatic rings. The molecule has 0 saturated heterocycles. The van der Waals surface area contributed by atoms with Gasteiger partial charge < -0.3 is 21.5 Å². The van der Waals surface area contributed by atoms with Crippen molar-refractivity contribution in [2.24, 2.45) is 5.73 Å². The highest BCUT2D eigenvalue weighted by Crippen LogP contribution is 2.32. The molecule has 1 aliphatic heterocycles. The molecule has 30 heavy (non-hydrogen) atoms. The Morgan fingerprint density at radius 1 is 1.17 bits per heavy atom. The number of carbonyl (C=O) groups excluding carboxylic acids is 2. The number of fused-ring (bicyclic) bond motifs is 2. The summed E-state index contributed by atoms with van der Waals surface area (Å²) in [6, 6.07) is 14.0. The molecule has 8 nitrogen and oxygen atoms in total. The first-order valence-corrected chi connectivity index (χ1v) is 9.46. The van der Waals surface area contributed by atoms with Crippen LogP contribution in [-0.4, -0.2) is 38.8 Å². The van der Waals surface area contributed by atoms with Crippen molar-refractivity contribution in [3.63, 3.8) is 0 Å². The standard InChI is InChI=1S/C22H20N4O4/c23-20-15-4-2-1-3-12(15)10-17(25-20)13-5-6-16-14(9-13)11-26(22(16)30)18(21(24)29)7-8-19(27)28/h1-6,9-10,18H,7-8,11H2,(H2,23,25)(H2,24,29)(H,27,28)/t18-/m0/s1. The first-order chi connectivity index (χ1) is 14.3. The van der Waals surface area contributed by atoms with Crippen LogP contribution in [0.15, 0.2) is 48.5 Å². The number of hydrogen-bond acceptors (Lipinski definition) is 5. The van der Waals surface area contributed by atoms with Gasteiger partial charge in [0, 0.05) is 29.5 Å². The molecule has 5 N–H and O–H groups in total. The Balaban J connectivity index is 1.67. The molecule has 0 radical (unpaired) electrons.